The first kappa shape index (κ1) is 23.1. The van der Waals surface area contributed by atoms with Gasteiger partial charge in [0.25, 0.3) is 0 Å². The fourth-order valence-corrected chi connectivity index (χ4v) is 5.48. The van der Waals surface area contributed by atoms with Crippen molar-refractivity contribution in [1.29, 1.82) is 0 Å². The Labute approximate surface area is 184 Å². The lowest BCUT2D eigenvalue weighted by atomic mass is 9.74. The van der Waals surface area contributed by atoms with Crippen molar-refractivity contribution in [3.8, 4) is 0 Å². The summed E-state index contributed by atoms with van der Waals surface area (Å²) < 4.78 is 16.9. The molecule has 5 nitrogen and oxygen atoms in total. The largest absolute Gasteiger partial charge is 0.465 e. The topological polar surface area (TPSA) is 57.7 Å². The Hall–Kier alpha value is -1.54. The molecule has 2 aromatic rings. The molecule has 1 aliphatic heterocycles. The van der Waals surface area contributed by atoms with Crippen molar-refractivity contribution in [2.24, 2.45) is 0 Å². The summed E-state index contributed by atoms with van der Waals surface area (Å²) in [5, 5.41) is 3.41. The maximum Gasteiger partial charge on any atom is 0.337 e. The standard InChI is InChI=1S/C23H33NO4SSi/c1-22(2,3)30(5,6)28-15-19-16-29-21(24-19)23(11-13-27-14-12-23)18-9-7-17(8-10-18)20(25)26-4/h7-10,16H,11-15H2,1-6H3. The first-order valence-corrected chi connectivity index (χ1v) is 14.2. The Kier molecular flexibility index (Phi) is 6.86. The van der Waals surface area contributed by atoms with E-state index in [1.54, 1.807) is 11.3 Å². The van der Waals surface area contributed by atoms with Crippen LogP contribution in [0.2, 0.25) is 18.1 Å². The molecule has 0 spiro atoms. The van der Waals surface area contributed by atoms with Crippen molar-refractivity contribution in [2.75, 3.05) is 20.3 Å². The zero-order chi connectivity index (χ0) is 22.0. The van der Waals surface area contributed by atoms with E-state index in [4.69, 9.17) is 18.9 Å². The van der Waals surface area contributed by atoms with E-state index in [0.717, 1.165) is 23.5 Å². The average Bonchev–Trinajstić information content (AvgIpc) is 3.21. The van der Waals surface area contributed by atoms with Crippen molar-refractivity contribution < 1.29 is 18.7 Å². The summed E-state index contributed by atoms with van der Waals surface area (Å²) in [4.78, 5) is 16.8. The van der Waals surface area contributed by atoms with Crippen LogP contribution in [-0.2, 0) is 25.9 Å². The van der Waals surface area contributed by atoms with Crippen LogP contribution in [-0.4, -0.2) is 39.6 Å². The molecule has 1 saturated heterocycles. The van der Waals surface area contributed by atoms with Crippen LogP contribution in [0.3, 0.4) is 0 Å². The Bertz CT molecular complexity index is 864. The third kappa shape index (κ3) is 4.69. The number of hydrogen-bond acceptors (Lipinski definition) is 6. The zero-order valence-corrected chi connectivity index (χ0v) is 20.7. The van der Waals surface area contributed by atoms with Crippen LogP contribution in [0.5, 0.6) is 0 Å². The summed E-state index contributed by atoms with van der Waals surface area (Å²) in [6.07, 6.45) is 1.75. The van der Waals surface area contributed by atoms with Crippen LogP contribution in [0.1, 0.15) is 60.2 Å². The SMILES string of the molecule is COC(=O)c1ccc(C2(c3nc(CO[Si](C)(C)C(C)(C)C)cs3)CCOCC2)cc1. The third-order valence-corrected chi connectivity index (χ3v) is 12.1. The van der Waals surface area contributed by atoms with Gasteiger partial charge in [0.05, 0.1) is 30.4 Å². The summed E-state index contributed by atoms with van der Waals surface area (Å²) in [6.45, 7) is 13.2. The number of rotatable bonds is 6. The maximum atomic E-state index is 11.8. The Morgan fingerprint density at radius 2 is 1.83 bits per heavy atom. The first-order valence-electron chi connectivity index (χ1n) is 10.4. The summed E-state index contributed by atoms with van der Waals surface area (Å²) in [7, 11) is -0.419. The van der Waals surface area contributed by atoms with Gasteiger partial charge in [0.1, 0.15) is 5.01 Å². The Morgan fingerprint density at radius 1 is 1.20 bits per heavy atom. The van der Waals surface area contributed by atoms with Crippen molar-refractivity contribution in [3.05, 3.63) is 51.5 Å². The van der Waals surface area contributed by atoms with E-state index in [9.17, 15) is 4.79 Å². The van der Waals surface area contributed by atoms with E-state index in [2.05, 4.69) is 39.2 Å². The minimum Gasteiger partial charge on any atom is -0.465 e. The molecule has 3 rings (SSSR count). The smallest absolute Gasteiger partial charge is 0.337 e. The summed E-state index contributed by atoms with van der Waals surface area (Å²) >= 11 is 1.70. The number of benzene rings is 1. The van der Waals surface area contributed by atoms with E-state index in [1.165, 1.54) is 12.7 Å². The van der Waals surface area contributed by atoms with E-state index < -0.39 is 8.32 Å². The predicted molar refractivity (Wildman–Crippen MR) is 123 cm³/mol. The van der Waals surface area contributed by atoms with Gasteiger partial charge in [-0.25, -0.2) is 9.78 Å². The van der Waals surface area contributed by atoms with Crippen molar-refractivity contribution in [2.45, 2.75) is 63.8 Å². The number of hydrogen-bond donors (Lipinski definition) is 0. The molecule has 1 aliphatic rings. The van der Waals surface area contributed by atoms with Gasteiger partial charge in [0.15, 0.2) is 8.32 Å². The number of carbonyl (C=O) groups is 1. The molecule has 0 unspecified atom stereocenters. The van der Waals surface area contributed by atoms with E-state index in [0.29, 0.717) is 25.4 Å². The predicted octanol–water partition coefficient (Wildman–Crippen LogP) is 5.55. The van der Waals surface area contributed by atoms with Crippen molar-refractivity contribution in [1.82, 2.24) is 4.98 Å². The summed E-state index contributed by atoms with van der Waals surface area (Å²) in [5.41, 5.74) is 2.54. The van der Waals surface area contributed by atoms with Crippen LogP contribution in [0, 0.1) is 0 Å². The van der Waals surface area contributed by atoms with Crippen molar-refractivity contribution in [3.63, 3.8) is 0 Å². The quantitative estimate of drug-likeness (QED) is 0.429. The van der Waals surface area contributed by atoms with Crippen LogP contribution >= 0.6 is 11.3 Å². The van der Waals surface area contributed by atoms with Gasteiger partial charge in [-0.3, -0.25) is 0 Å². The van der Waals surface area contributed by atoms with Gasteiger partial charge in [-0.1, -0.05) is 32.9 Å². The normalized spacial score (nSPS) is 17.0. The Balaban J connectivity index is 1.86. The third-order valence-electron chi connectivity index (χ3n) is 6.55. The van der Waals surface area contributed by atoms with Crippen LogP contribution in [0.4, 0.5) is 0 Å². The van der Waals surface area contributed by atoms with Gasteiger partial charge in [-0.05, 0) is 48.7 Å². The minimum atomic E-state index is -1.82. The summed E-state index contributed by atoms with van der Waals surface area (Å²) in [5.74, 6) is -0.318. The van der Waals surface area contributed by atoms with Gasteiger partial charge in [0, 0.05) is 18.6 Å². The highest BCUT2D eigenvalue weighted by molar-refractivity contribution is 7.09. The van der Waals surface area contributed by atoms with Gasteiger partial charge in [-0.2, -0.15) is 0 Å². The molecule has 7 heteroatoms. The highest BCUT2D eigenvalue weighted by atomic mass is 32.1. The van der Waals surface area contributed by atoms with E-state index in [1.807, 2.05) is 24.3 Å². The fraction of sp³-hybridized carbons (Fsp3) is 0.565. The molecule has 1 aromatic heterocycles. The minimum absolute atomic E-state index is 0.176. The zero-order valence-electron chi connectivity index (χ0n) is 18.9. The second-order valence-corrected chi connectivity index (χ2v) is 15.1. The molecule has 1 fully saturated rings. The highest BCUT2D eigenvalue weighted by Gasteiger charge is 2.40. The second kappa shape index (κ2) is 8.90. The lowest BCUT2D eigenvalue weighted by molar-refractivity contribution is 0.0597. The number of esters is 1. The number of nitrogens with zero attached hydrogens (tertiary/aromatic N) is 1. The number of carbonyl (C=O) groups excluding carboxylic acids is 1. The maximum absolute atomic E-state index is 11.8. The molecular weight excluding hydrogens is 414 g/mol. The molecule has 0 N–H and O–H groups in total. The lowest BCUT2D eigenvalue weighted by Gasteiger charge is -2.36. The molecule has 30 heavy (non-hydrogen) atoms. The molecule has 164 valence electrons. The number of methoxy groups -OCH3 is 1. The molecule has 0 saturated carbocycles. The average molecular weight is 448 g/mol. The Morgan fingerprint density at radius 3 is 2.40 bits per heavy atom. The fourth-order valence-electron chi connectivity index (χ4n) is 3.45. The molecule has 0 atom stereocenters. The van der Waals surface area contributed by atoms with Crippen LogP contribution in [0.25, 0.3) is 0 Å². The van der Waals surface area contributed by atoms with Crippen LogP contribution in [0.15, 0.2) is 29.6 Å². The number of aromatic nitrogens is 1. The summed E-state index contributed by atoms with van der Waals surface area (Å²) in [6, 6.07) is 7.75. The number of thiazole rings is 1. The molecule has 2 heterocycles. The molecule has 0 radical (unpaired) electrons. The molecular formula is C23H33NO4SSi. The highest BCUT2D eigenvalue weighted by Crippen LogP contribution is 2.43. The molecule has 1 aromatic carbocycles. The monoisotopic (exact) mass is 447 g/mol. The molecule has 0 aliphatic carbocycles. The van der Waals surface area contributed by atoms with Crippen molar-refractivity contribution >= 4 is 25.6 Å². The molecule has 0 bridgehead atoms. The van der Waals surface area contributed by atoms with E-state index in [-0.39, 0.29) is 16.4 Å². The first-order chi connectivity index (χ1) is 14.1. The van der Waals surface area contributed by atoms with Gasteiger partial charge < -0.3 is 13.9 Å². The van der Waals surface area contributed by atoms with Gasteiger partial charge >= 0.3 is 5.97 Å². The van der Waals surface area contributed by atoms with Crippen LogP contribution < -0.4 is 0 Å². The molecule has 0 amide bonds. The van der Waals surface area contributed by atoms with Gasteiger partial charge in [-0.15, -0.1) is 11.3 Å². The lowest BCUT2D eigenvalue weighted by Crippen LogP contribution is -2.40. The number of ether oxygens (including phenoxy) is 2. The second-order valence-electron chi connectivity index (χ2n) is 9.46. The van der Waals surface area contributed by atoms with E-state index >= 15 is 0 Å². The van der Waals surface area contributed by atoms with Gasteiger partial charge in [0.2, 0.25) is 0 Å².